The Morgan fingerprint density at radius 1 is 0.794 bits per heavy atom. The first kappa shape index (κ1) is 20.8. The number of amides is 2. The van der Waals surface area contributed by atoms with Crippen molar-refractivity contribution in [3.8, 4) is 0 Å². The first-order valence-electron chi connectivity index (χ1n) is 11.5. The molecule has 1 fully saturated rings. The summed E-state index contributed by atoms with van der Waals surface area (Å²) in [5, 5.41) is 18.6. The van der Waals surface area contributed by atoms with Gasteiger partial charge < -0.3 is 15.7 Å². The molecule has 1 saturated carbocycles. The normalized spacial score (nSPS) is 31.7. The van der Waals surface area contributed by atoms with Gasteiger partial charge in [0.05, 0.1) is 11.6 Å². The maximum atomic E-state index is 14.2. The number of rotatable bonds is 1. The van der Waals surface area contributed by atoms with E-state index in [9.17, 15) is 19.5 Å². The van der Waals surface area contributed by atoms with E-state index in [4.69, 9.17) is 0 Å². The number of hydrogen-bond donors (Lipinski definition) is 3. The lowest BCUT2D eigenvalue weighted by Gasteiger charge is -2.43. The van der Waals surface area contributed by atoms with E-state index >= 15 is 0 Å². The highest BCUT2D eigenvalue weighted by molar-refractivity contribution is 6.13. The topological polar surface area (TPSA) is 95.5 Å². The summed E-state index contributed by atoms with van der Waals surface area (Å²) < 4.78 is 0. The van der Waals surface area contributed by atoms with Crippen molar-refractivity contribution in [2.24, 2.45) is 17.3 Å². The molecule has 34 heavy (non-hydrogen) atoms. The molecule has 0 spiro atoms. The zero-order chi connectivity index (χ0) is 23.7. The van der Waals surface area contributed by atoms with Crippen LogP contribution in [0.1, 0.15) is 40.7 Å². The molecule has 3 aromatic rings. The lowest BCUT2D eigenvalue weighted by Crippen LogP contribution is -2.49. The first-order chi connectivity index (χ1) is 16.4. The average molecular weight is 453 g/mol. The second-order valence-corrected chi connectivity index (χ2v) is 9.75. The third-order valence-electron chi connectivity index (χ3n) is 8.06. The van der Waals surface area contributed by atoms with Crippen molar-refractivity contribution < 1.29 is 19.5 Å². The Morgan fingerprint density at radius 2 is 1.44 bits per heavy atom. The number of carbonyl (C=O) groups is 3. The highest BCUT2D eigenvalue weighted by Gasteiger charge is 2.72. The molecule has 5 atom stereocenters. The van der Waals surface area contributed by atoms with Gasteiger partial charge in [0.25, 0.3) is 0 Å². The van der Waals surface area contributed by atoms with Crippen molar-refractivity contribution in [3.63, 3.8) is 0 Å². The summed E-state index contributed by atoms with van der Waals surface area (Å²) in [7, 11) is 0. The highest BCUT2D eigenvalue weighted by Crippen LogP contribution is 2.69. The van der Waals surface area contributed by atoms with Crippen LogP contribution < -0.4 is 10.6 Å². The van der Waals surface area contributed by atoms with Gasteiger partial charge in [0, 0.05) is 40.5 Å². The molecule has 0 radical (unpaired) electrons. The van der Waals surface area contributed by atoms with Crippen LogP contribution in [-0.4, -0.2) is 22.7 Å². The molecule has 2 amide bonds. The first-order valence-corrected chi connectivity index (χ1v) is 11.5. The quantitative estimate of drug-likeness (QED) is 0.518. The van der Waals surface area contributed by atoms with Gasteiger partial charge in [0.2, 0.25) is 11.8 Å². The monoisotopic (exact) mass is 452 g/mol. The summed E-state index contributed by atoms with van der Waals surface area (Å²) >= 11 is 0. The molecule has 170 valence electrons. The maximum Gasteiger partial charge on any atom is 0.231 e. The van der Waals surface area contributed by atoms with E-state index in [0.717, 1.165) is 5.56 Å². The molecule has 2 heterocycles. The Bertz CT molecular complexity index is 1350. The maximum absolute atomic E-state index is 14.2. The second-order valence-electron chi connectivity index (χ2n) is 9.75. The predicted octanol–water partition coefficient (Wildman–Crippen LogP) is 4.09. The minimum Gasteiger partial charge on any atom is -0.384 e. The largest absolute Gasteiger partial charge is 0.384 e. The lowest BCUT2D eigenvalue weighted by atomic mass is 9.62. The number of hydrogen-bond acceptors (Lipinski definition) is 4. The van der Waals surface area contributed by atoms with E-state index in [-0.39, 0.29) is 18.1 Å². The van der Waals surface area contributed by atoms with E-state index in [2.05, 4.69) is 10.6 Å². The van der Waals surface area contributed by atoms with Crippen molar-refractivity contribution in [1.29, 1.82) is 0 Å². The summed E-state index contributed by atoms with van der Waals surface area (Å²) in [6, 6.07) is 23.5. The van der Waals surface area contributed by atoms with Gasteiger partial charge in [-0.25, -0.2) is 0 Å². The minimum atomic E-state index is -1.77. The molecule has 0 bridgehead atoms. The van der Waals surface area contributed by atoms with Gasteiger partial charge in [0.15, 0.2) is 5.78 Å². The van der Waals surface area contributed by atoms with Crippen LogP contribution in [0.5, 0.6) is 0 Å². The Balaban J connectivity index is 1.70. The van der Waals surface area contributed by atoms with Crippen LogP contribution in [0.15, 0.2) is 78.9 Å². The fourth-order valence-electron chi connectivity index (χ4n) is 6.70. The van der Waals surface area contributed by atoms with Crippen molar-refractivity contribution in [2.75, 3.05) is 10.6 Å². The van der Waals surface area contributed by atoms with Crippen LogP contribution >= 0.6 is 0 Å². The summed E-state index contributed by atoms with van der Waals surface area (Å²) in [6.45, 7) is 1.84. The standard InChI is InChI=1S/C28H24N2O4/c1-27-15-21(31)29-20-14-8-6-12-18(20)28(27,34)24-22(23(27)16-9-3-2-4-10-16)25(32)17-11-5-7-13-19(17)30-26(24)33/h2-14,22-24,34H,15H2,1H3,(H,29,31)(H,30,33)/t22-,23-,24-,27+,28+/m0/s1. The molecule has 1 aliphatic carbocycles. The molecular formula is C28H24N2O4. The van der Waals surface area contributed by atoms with Gasteiger partial charge in [-0.2, -0.15) is 0 Å². The molecule has 6 nitrogen and oxygen atoms in total. The second kappa shape index (κ2) is 7.11. The minimum absolute atomic E-state index is 0.0348. The molecule has 3 aliphatic rings. The van der Waals surface area contributed by atoms with Gasteiger partial charge in [0.1, 0.15) is 5.60 Å². The molecule has 3 aromatic carbocycles. The number of anilines is 2. The fourth-order valence-corrected chi connectivity index (χ4v) is 6.70. The molecule has 3 N–H and O–H groups in total. The van der Waals surface area contributed by atoms with Crippen LogP contribution in [0.3, 0.4) is 0 Å². The number of para-hydroxylation sites is 2. The van der Waals surface area contributed by atoms with Gasteiger partial charge in [-0.1, -0.05) is 67.6 Å². The molecule has 6 rings (SSSR count). The summed E-state index contributed by atoms with van der Waals surface area (Å²) in [6.07, 6.45) is -0.0348. The van der Waals surface area contributed by atoms with E-state index in [1.54, 1.807) is 48.5 Å². The third-order valence-corrected chi connectivity index (χ3v) is 8.06. The Kier molecular flexibility index (Phi) is 4.35. The Hall–Kier alpha value is -3.77. The van der Waals surface area contributed by atoms with Crippen LogP contribution in [0.25, 0.3) is 0 Å². The van der Waals surface area contributed by atoms with Crippen LogP contribution in [0.2, 0.25) is 0 Å². The SMILES string of the molecule is C[C@]12CC(=O)Nc3ccccc3[C@@]1(O)[C@@H]1C(=O)Nc3ccccc3C(=O)[C@H]1[C@@H]2c1ccccc1. The van der Waals surface area contributed by atoms with Crippen molar-refractivity contribution >= 4 is 29.0 Å². The van der Waals surface area contributed by atoms with Crippen molar-refractivity contribution in [1.82, 2.24) is 0 Å². The van der Waals surface area contributed by atoms with E-state index in [1.807, 2.05) is 37.3 Å². The number of Topliss-reactive ketones (excluding diaryl/α,β-unsaturated/α-hetero) is 1. The zero-order valence-corrected chi connectivity index (χ0v) is 18.6. The fraction of sp³-hybridized carbons (Fsp3) is 0.250. The van der Waals surface area contributed by atoms with Crippen LogP contribution in [-0.2, 0) is 15.2 Å². The summed E-state index contributed by atoms with van der Waals surface area (Å²) in [5.41, 5.74) is -0.275. The average Bonchev–Trinajstić information content (AvgIpc) is 2.89. The van der Waals surface area contributed by atoms with E-state index in [0.29, 0.717) is 22.5 Å². The number of fused-ring (bicyclic) bond motifs is 6. The molecule has 6 heteroatoms. The highest BCUT2D eigenvalue weighted by atomic mass is 16.3. The summed E-state index contributed by atoms with van der Waals surface area (Å²) in [5.74, 6) is -3.37. The van der Waals surface area contributed by atoms with Crippen LogP contribution in [0, 0.1) is 17.3 Å². The van der Waals surface area contributed by atoms with Crippen molar-refractivity contribution in [2.45, 2.75) is 24.9 Å². The molecule has 0 aromatic heterocycles. The predicted molar refractivity (Wildman–Crippen MR) is 127 cm³/mol. The molecule has 2 aliphatic heterocycles. The third kappa shape index (κ3) is 2.57. The summed E-state index contributed by atoms with van der Waals surface area (Å²) in [4.78, 5) is 41.1. The number of carbonyl (C=O) groups excluding carboxylic acids is 3. The van der Waals surface area contributed by atoms with Crippen molar-refractivity contribution in [3.05, 3.63) is 95.6 Å². The smallest absolute Gasteiger partial charge is 0.231 e. The Labute approximate surface area is 197 Å². The molecular weight excluding hydrogens is 428 g/mol. The number of benzene rings is 3. The van der Waals surface area contributed by atoms with Gasteiger partial charge in [-0.3, -0.25) is 14.4 Å². The van der Waals surface area contributed by atoms with E-state index in [1.165, 1.54) is 0 Å². The molecule has 0 saturated heterocycles. The number of ketones is 1. The Morgan fingerprint density at radius 3 is 2.21 bits per heavy atom. The number of aliphatic hydroxyl groups is 1. The number of nitrogens with one attached hydrogen (secondary N) is 2. The lowest BCUT2D eigenvalue weighted by molar-refractivity contribution is -0.143. The zero-order valence-electron chi connectivity index (χ0n) is 18.6. The van der Waals surface area contributed by atoms with Gasteiger partial charge in [-0.05, 0) is 23.8 Å². The molecule has 0 unspecified atom stereocenters. The van der Waals surface area contributed by atoms with Crippen LogP contribution in [0.4, 0.5) is 11.4 Å². The van der Waals surface area contributed by atoms with Gasteiger partial charge in [-0.15, -0.1) is 0 Å². The van der Waals surface area contributed by atoms with E-state index < -0.39 is 34.7 Å². The van der Waals surface area contributed by atoms with Gasteiger partial charge >= 0.3 is 0 Å².